The predicted octanol–water partition coefficient (Wildman–Crippen LogP) is 4.24. The van der Waals surface area contributed by atoms with E-state index in [0.717, 1.165) is 22.6 Å². The lowest BCUT2D eigenvalue weighted by Crippen LogP contribution is -2.34. The van der Waals surface area contributed by atoms with Crippen LogP contribution in [0.4, 0.5) is 16.3 Å². The molecular formula is C24H33N5O3. The monoisotopic (exact) mass is 439 g/mol. The van der Waals surface area contributed by atoms with Gasteiger partial charge < -0.3 is 21.1 Å². The van der Waals surface area contributed by atoms with E-state index in [-0.39, 0.29) is 11.6 Å². The average molecular weight is 440 g/mol. The van der Waals surface area contributed by atoms with E-state index in [0.29, 0.717) is 25.2 Å². The maximum Gasteiger partial charge on any atom is 0.407 e. The number of anilines is 2. The van der Waals surface area contributed by atoms with Crippen molar-refractivity contribution in [2.24, 2.45) is 5.73 Å². The number of benzene rings is 1. The highest BCUT2D eigenvalue weighted by molar-refractivity contribution is 5.96. The lowest BCUT2D eigenvalue weighted by Gasteiger charge is -2.21. The first-order valence-electron chi connectivity index (χ1n) is 10.7. The second kappa shape index (κ2) is 10.7. The molecule has 172 valence electrons. The number of rotatable bonds is 9. The van der Waals surface area contributed by atoms with Crippen molar-refractivity contribution in [3.05, 3.63) is 59.6 Å². The van der Waals surface area contributed by atoms with Crippen LogP contribution in [0.2, 0.25) is 0 Å². The second-order valence-corrected chi connectivity index (χ2v) is 8.56. The third kappa shape index (κ3) is 7.08. The molecule has 8 heteroatoms. The molecule has 0 fully saturated rings. The summed E-state index contributed by atoms with van der Waals surface area (Å²) in [6.45, 7) is 13.6. The molecule has 1 atom stereocenters. The number of carbonyl (C=O) groups excluding carboxylic acids is 2. The van der Waals surface area contributed by atoms with Crippen LogP contribution < -0.4 is 16.4 Å². The van der Waals surface area contributed by atoms with E-state index < -0.39 is 17.6 Å². The van der Waals surface area contributed by atoms with Crippen LogP contribution in [0.3, 0.4) is 0 Å². The van der Waals surface area contributed by atoms with Gasteiger partial charge in [0.1, 0.15) is 5.60 Å². The number of nitrogens with one attached hydrogen (secondary N) is 2. The Morgan fingerprint density at radius 2 is 1.97 bits per heavy atom. The minimum atomic E-state index is -0.647. The van der Waals surface area contributed by atoms with Crippen LogP contribution in [0.25, 0.3) is 0 Å². The van der Waals surface area contributed by atoms with Gasteiger partial charge in [-0.15, -0.1) is 6.58 Å². The number of amides is 2. The number of alkyl carbamates (subject to hydrolysis) is 1. The van der Waals surface area contributed by atoms with Gasteiger partial charge in [-0.05, 0) is 50.8 Å². The summed E-state index contributed by atoms with van der Waals surface area (Å²) in [5.74, 6) is -0.307. The Bertz CT molecular complexity index is 982. The molecule has 0 unspecified atom stereocenters. The largest absolute Gasteiger partial charge is 0.444 e. The number of ether oxygens (including phenoxy) is 1. The van der Waals surface area contributed by atoms with Crippen LogP contribution in [0.5, 0.6) is 0 Å². The quantitative estimate of drug-likeness (QED) is 0.503. The summed E-state index contributed by atoms with van der Waals surface area (Å²) in [6.07, 6.45) is 2.47. The average Bonchev–Trinajstić information content (AvgIpc) is 2.71. The number of primary amides is 1. The van der Waals surface area contributed by atoms with Crippen molar-refractivity contribution in [2.75, 3.05) is 11.9 Å². The van der Waals surface area contributed by atoms with Crippen molar-refractivity contribution >= 4 is 23.5 Å². The van der Waals surface area contributed by atoms with Gasteiger partial charge in [0.2, 0.25) is 0 Å². The zero-order chi connectivity index (χ0) is 23.9. The molecule has 1 aromatic carbocycles. The van der Waals surface area contributed by atoms with Gasteiger partial charge in [-0.2, -0.15) is 0 Å². The predicted molar refractivity (Wildman–Crippen MR) is 126 cm³/mol. The Labute approximate surface area is 189 Å². The first-order chi connectivity index (χ1) is 15.0. The Hall–Kier alpha value is -3.42. The van der Waals surface area contributed by atoms with Crippen LogP contribution in [-0.4, -0.2) is 34.1 Å². The highest BCUT2D eigenvalue weighted by atomic mass is 16.6. The van der Waals surface area contributed by atoms with Crippen LogP contribution in [-0.2, 0) is 17.6 Å². The SMILES string of the molecule is C=CCc1nc(Nc2cccc([C@@H](C)CNC(=O)OC(C)(C)C)c2)c(C(N)=O)nc1CC. The van der Waals surface area contributed by atoms with Crippen LogP contribution in [0, 0.1) is 0 Å². The van der Waals surface area contributed by atoms with Crippen molar-refractivity contribution in [1.29, 1.82) is 0 Å². The highest BCUT2D eigenvalue weighted by Crippen LogP contribution is 2.24. The molecule has 0 saturated heterocycles. The number of carbonyl (C=O) groups is 2. The molecule has 0 bridgehead atoms. The number of hydrogen-bond donors (Lipinski definition) is 3. The van der Waals surface area contributed by atoms with Gasteiger partial charge in [0.05, 0.1) is 11.4 Å². The molecule has 0 radical (unpaired) electrons. The lowest BCUT2D eigenvalue weighted by atomic mass is 10.0. The molecule has 2 amide bonds. The zero-order valence-corrected chi connectivity index (χ0v) is 19.5. The molecular weight excluding hydrogens is 406 g/mol. The number of nitrogens with two attached hydrogens (primary N) is 1. The first kappa shape index (κ1) is 24.8. The Kier molecular flexibility index (Phi) is 8.34. The minimum Gasteiger partial charge on any atom is -0.444 e. The lowest BCUT2D eigenvalue weighted by molar-refractivity contribution is 0.0525. The number of allylic oxidation sites excluding steroid dienone is 1. The molecule has 2 rings (SSSR count). The van der Waals surface area contributed by atoms with Gasteiger partial charge in [0.25, 0.3) is 5.91 Å². The fourth-order valence-electron chi connectivity index (χ4n) is 3.08. The number of nitrogens with zero attached hydrogens (tertiary/aromatic N) is 2. The van der Waals surface area contributed by atoms with Gasteiger partial charge in [-0.3, -0.25) is 4.79 Å². The fourth-order valence-corrected chi connectivity index (χ4v) is 3.08. The van der Waals surface area contributed by atoms with E-state index in [4.69, 9.17) is 10.5 Å². The van der Waals surface area contributed by atoms with Crippen LogP contribution >= 0.6 is 0 Å². The van der Waals surface area contributed by atoms with Crippen LogP contribution in [0.15, 0.2) is 36.9 Å². The van der Waals surface area contributed by atoms with Crippen molar-refractivity contribution < 1.29 is 14.3 Å². The molecule has 0 aliphatic carbocycles. The fraction of sp³-hybridized carbons (Fsp3) is 0.417. The zero-order valence-electron chi connectivity index (χ0n) is 19.5. The molecule has 1 aromatic heterocycles. The third-order valence-corrected chi connectivity index (χ3v) is 4.63. The van der Waals surface area contributed by atoms with E-state index in [2.05, 4.69) is 27.2 Å². The Morgan fingerprint density at radius 1 is 1.25 bits per heavy atom. The maximum absolute atomic E-state index is 12.0. The van der Waals surface area contributed by atoms with Gasteiger partial charge in [-0.25, -0.2) is 14.8 Å². The molecule has 0 aliphatic heterocycles. The summed E-state index contributed by atoms with van der Waals surface area (Å²) in [6, 6.07) is 7.67. The highest BCUT2D eigenvalue weighted by Gasteiger charge is 2.18. The number of aromatic nitrogens is 2. The molecule has 2 aromatic rings. The van der Waals surface area contributed by atoms with Crippen molar-refractivity contribution in [2.45, 2.75) is 59.0 Å². The molecule has 0 saturated carbocycles. The van der Waals surface area contributed by atoms with Gasteiger partial charge >= 0.3 is 6.09 Å². The van der Waals surface area contributed by atoms with Gasteiger partial charge in [0, 0.05) is 18.7 Å². The standard InChI is InChI=1S/C24H33N5O3/c1-7-10-19-18(8-2)28-20(21(25)30)22(29-19)27-17-12-9-11-16(13-17)15(3)14-26-23(31)32-24(4,5)6/h7,9,11-13,15H,1,8,10,14H2,2-6H3,(H2,25,30)(H,26,31)(H,27,29)/t15-/m0/s1. The van der Waals surface area contributed by atoms with Gasteiger partial charge in [-0.1, -0.05) is 32.1 Å². The third-order valence-electron chi connectivity index (χ3n) is 4.63. The summed E-state index contributed by atoms with van der Waals surface area (Å²) >= 11 is 0. The van der Waals surface area contributed by atoms with E-state index in [1.807, 2.05) is 58.9 Å². The first-order valence-corrected chi connectivity index (χ1v) is 10.7. The molecule has 8 nitrogen and oxygen atoms in total. The topological polar surface area (TPSA) is 119 Å². The molecule has 32 heavy (non-hydrogen) atoms. The summed E-state index contributed by atoms with van der Waals surface area (Å²) in [4.78, 5) is 32.9. The number of aryl methyl sites for hydroxylation is 1. The minimum absolute atomic E-state index is 0.0322. The smallest absolute Gasteiger partial charge is 0.407 e. The van der Waals surface area contributed by atoms with Crippen molar-refractivity contribution in [1.82, 2.24) is 15.3 Å². The summed E-state index contributed by atoms with van der Waals surface area (Å²) in [5, 5.41) is 5.96. The van der Waals surface area contributed by atoms with Crippen LogP contribution in [0.1, 0.15) is 68.0 Å². The number of hydrogen-bond acceptors (Lipinski definition) is 6. The van der Waals surface area contributed by atoms with Crippen molar-refractivity contribution in [3.8, 4) is 0 Å². The van der Waals surface area contributed by atoms with E-state index >= 15 is 0 Å². The molecule has 1 heterocycles. The van der Waals surface area contributed by atoms with Crippen molar-refractivity contribution in [3.63, 3.8) is 0 Å². The maximum atomic E-state index is 12.0. The molecule has 4 N–H and O–H groups in total. The molecule has 0 aliphatic rings. The summed E-state index contributed by atoms with van der Waals surface area (Å²) < 4.78 is 5.28. The summed E-state index contributed by atoms with van der Waals surface area (Å²) in [7, 11) is 0. The molecule has 0 spiro atoms. The summed E-state index contributed by atoms with van der Waals surface area (Å²) in [5.41, 5.74) is 8.30. The normalized spacial score (nSPS) is 12.0. The van der Waals surface area contributed by atoms with E-state index in [9.17, 15) is 9.59 Å². The Morgan fingerprint density at radius 3 is 2.56 bits per heavy atom. The van der Waals surface area contributed by atoms with Gasteiger partial charge in [0.15, 0.2) is 11.5 Å². The Balaban J connectivity index is 2.21. The second-order valence-electron chi connectivity index (χ2n) is 8.56. The van der Waals surface area contributed by atoms with E-state index in [1.165, 1.54) is 0 Å². The van der Waals surface area contributed by atoms with E-state index in [1.54, 1.807) is 6.08 Å².